The summed E-state index contributed by atoms with van der Waals surface area (Å²) in [6.07, 6.45) is 2.12. The zero-order valence-electron chi connectivity index (χ0n) is 16.1. The van der Waals surface area contributed by atoms with Crippen LogP contribution in [0.2, 0.25) is 0 Å². The number of benzene rings is 1. The molecular weight excluding hydrogens is 455 g/mol. The van der Waals surface area contributed by atoms with Gasteiger partial charge in [-0.15, -0.1) is 0 Å². The highest BCUT2D eigenvalue weighted by Gasteiger charge is 2.22. The van der Waals surface area contributed by atoms with Crippen molar-refractivity contribution in [3.8, 4) is 11.1 Å². The average molecular weight is 473 g/mol. The Labute approximate surface area is 179 Å². The Balaban J connectivity index is 1.84. The van der Waals surface area contributed by atoms with Gasteiger partial charge in [0, 0.05) is 22.7 Å². The quantitative estimate of drug-likeness (QED) is 0.420. The van der Waals surface area contributed by atoms with E-state index in [1.165, 1.54) is 23.6 Å². The summed E-state index contributed by atoms with van der Waals surface area (Å²) >= 11 is 3.42. The molecule has 4 aromatic rings. The van der Waals surface area contributed by atoms with E-state index in [-0.39, 0.29) is 5.82 Å². The minimum Gasteiger partial charge on any atom is -0.384 e. The van der Waals surface area contributed by atoms with Crippen molar-refractivity contribution < 1.29 is 14.3 Å². The number of hydrogen-bond donors (Lipinski definition) is 3. The second-order valence-corrected chi connectivity index (χ2v) is 7.75. The minimum absolute atomic E-state index is 0.305. The van der Waals surface area contributed by atoms with Gasteiger partial charge in [0.1, 0.15) is 17.7 Å². The first-order chi connectivity index (χ1) is 14.3. The number of carbonyl (C=O) groups is 1. The lowest BCUT2D eigenvalue weighted by Crippen LogP contribution is -2.35. The zero-order valence-corrected chi connectivity index (χ0v) is 17.7. The molecule has 1 aromatic carbocycles. The lowest BCUT2D eigenvalue weighted by atomic mass is 10.1. The second-order valence-electron chi connectivity index (χ2n) is 6.96. The van der Waals surface area contributed by atoms with Gasteiger partial charge < -0.3 is 16.2 Å². The summed E-state index contributed by atoms with van der Waals surface area (Å²) < 4.78 is 15.6. The summed E-state index contributed by atoms with van der Waals surface area (Å²) in [5.41, 5.74) is 9.20. The number of aliphatic hydroxyl groups is 1. The number of aliphatic hydroxyl groups excluding tert-OH is 1. The molecule has 30 heavy (non-hydrogen) atoms. The molecule has 4 rings (SSSR count). The molecule has 3 heterocycles. The van der Waals surface area contributed by atoms with Crippen LogP contribution in [0, 0.1) is 5.82 Å². The third kappa shape index (κ3) is 3.48. The molecule has 4 N–H and O–H groups in total. The van der Waals surface area contributed by atoms with Crippen molar-refractivity contribution in [3.05, 3.63) is 52.6 Å². The molecule has 1 amide bonds. The molecule has 1 unspecified atom stereocenters. The fourth-order valence-corrected chi connectivity index (χ4v) is 3.76. The number of hydrogen-bond acceptors (Lipinski definition) is 6. The van der Waals surface area contributed by atoms with Gasteiger partial charge in [-0.3, -0.25) is 9.78 Å². The van der Waals surface area contributed by atoms with Crippen molar-refractivity contribution in [2.24, 2.45) is 0 Å². The predicted molar refractivity (Wildman–Crippen MR) is 114 cm³/mol. The van der Waals surface area contributed by atoms with E-state index in [4.69, 9.17) is 5.73 Å². The highest BCUT2D eigenvalue weighted by Crippen LogP contribution is 2.33. The number of nitrogens with one attached hydrogen (secondary N) is 1. The lowest BCUT2D eigenvalue weighted by molar-refractivity contribution is -0.129. The highest BCUT2D eigenvalue weighted by molar-refractivity contribution is 9.10. The number of carbonyl (C=O) groups excluding carboxylic acids is 1. The van der Waals surface area contributed by atoms with Gasteiger partial charge in [-0.1, -0.05) is 0 Å². The summed E-state index contributed by atoms with van der Waals surface area (Å²) in [6, 6.07) is 5.66. The highest BCUT2D eigenvalue weighted by atomic mass is 79.9. The van der Waals surface area contributed by atoms with Gasteiger partial charge in [0.25, 0.3) is 0 Å². The van der Waals surface area contributed by atoms with Crippen molar-refractivity contribution in [1.82, 2.24) is 24.9 Å². The fourth-order valence-electron chi connectivity index (χ4n) is 3.16. The van der Waals surface area contributed by atoms with E-state index in [0.29, 0.717) is 43.7 Å². The molecule has 154 valence electrons. The molecule has 0 aliphatic carbocycles. The molecule has 0 spiro atoms. The summed E-state index contributed by atoms with van der Waals surface area (Å²) in [4.78, 5) is 20.9. The molecule has 3 aromatic heterocycles. The Morgan fingerprint density at radius 1 is 1.30 bits per heavy atom. The van der Waals surface area contributed by atoms with Crippen LogP contribution in [0.3, 0.4) is 0 Å². The van der Waals surface area contributed by atoms with Gasteiger partial charge in [0.05, 0.1) is 27.9 Å². The van der Waals surface area contributed by atoms with E-state index < -0.39 is 18.1 Å². The topological polar surface area (TPSA) is 118 Å². The number of rotatable bonds is 4. The number of pyridine rings is 1. The standard InChI is InChI=1S/C20H18BrFN6O2/c1-9(26-20(30)10(2)29)17-16(21)18(23)28-19(27-17)14(8-25-28)12-5-11-6-13(22)3-4-15(11)24-7-12/h3-10,29H,23H2,1-2H3,(H,26,30)/t9?,10-/m1/s1. The van der Waals surface area contributed by atoms with Gasteiger partial charge in [0.2, 0.25) is 5.91 Å². The molecular formula is C20H18BrFN6O2. The number of nitrogen functional groups attached to an aromatic ring is 1. The monoisotopic (exact) mass is 472 g/mol. The van der Waals surface area contributed by atoms with E-state index in [0.717, 1.165) is 0 Å². The van der Waals surface area contributed by atoms with E-state index in [1.807, 2.05) is 0 Å². The van der Waals surface area contributed by atoms with Gasteiger partial charge in [-0.2, -0.15) is 9.61 Å². The number of anilines is 1. The van der Waals surface area contributed by atoms with E-state index in [2.05, 4.69) is 36.3 Å². The van der Waals surface area contributed by atoms with E-state index >= 15 is 0 Å². The second kappa shape index (κ2) is 7.62. The Bertz CT molecular complexity index is 1290. The Hall–Kier alpha value is -3.11. The van der Waals surface area contributed by atoms with Crippen LogP contribution in [0.1, 0.15) is 25.6 Å². The maximum absolute atomic E-state index is 13.6. The first-order valence-electron chi connectivity index (χ1n) is 9.13. The molecule has 0 saturated carbocycles. The van der Waals surface area contributed by atoms with E-state index in [9.17, 15) is 14.3 Å². The third-order valence-corrected chi connectivity index (χ3v) is 5.56. The largest absolute Gasteiger partial charge is 0.384 e. The zero-order chi connectivity index (χ0) is 21.6. The Kier molecular flexibility index (Phi) is 5.12. The smallest absolute Gasteiger partial charge is 0.249 e. The summed E-state index contributed by atoms with van der Waals surface area (Å²) in [5.74, 6) is -0.569. The van der Waals surface area contributed by atoms with Crippen LogP contribution in [-0.2, 0) is 4.79 Å². The molecule has 0 aliphatic heterocycles. The van der Waals surface area contributed by atoms with Crippen LogP contribution in [0.25, 0.3) is 27.7 Å². The summed E-state index contributed by atoms with van der Waals surface area (Å²) in [6.45, 7) is 3.12. The molecule has 0 saturated heterocycles. The fraction of sp³-hybridized carbons (Fsp3) is 0.200. The Morgan fingerprint density at radius 2 is 2.07 bits per heavy atom. The normalized spacial score (nSPS) is 13.5. The molecule has 10 heteroatoms. The van der Waals surface area contributed by atoms with Gasteiger partial charge in [0.15, 0.2) is 5.65 Å². The third-order valence-electron chi connectivity index (χ3n) is 4.75. The molecule has 0 radical (unpaired) electrons. The Morgan fingerprint density at radius 3 is 2.80 bits per heavy atom. The number of fused-ring (bicyclic) bond motifs is 2. The van der Waals surface area contributed by atoms with Crippen molar-refractivity contribution >= 4 is 44.2 Å². The van der Waals surface area contributed by atoms with Crippen LogP contribution < -0.4 is 11.1 Å². The maximum atomic E-state index is 13.6. The van der Waals surface area contributed by atoms with Crippen LogP contribution in [-0.4, -0.2) is 36.7 Å². The molecule has 0 bridgehead atoms. The van der Waals surface area contributed by atoms with Gasteiger partial charge >= 0.3 is 0 Å². The van der Waals surface area contributed by atoms with Crippen molar-refractivity contribution in [3.63, 3.8) is 0 Å². The van der Waals surface area contributed by atoms with Crippen LogP contribution in [0.4, 0.5) is 10.2 Å². The summed E-state index contributed by atoms with van der Waals surface area (Å²) in [5, 5.41) is 17.1. The van der Waals surface area contributed by atoms with Crippen LogP contribution in [0.5, 0.6) is 0 Å². The lowest BCUT2D eigenvalue weighted by Gasteiger charge is -2.17. The minimum atomic E-state index is -1.15. The van der Waals surface area contributed by atoms with Crippen molar-refractivity contribution in [2.75, 3.05) is 5.73 Å². The van der Waals surface area contributed by atoms with Crippen molar-refractivity contribution in [1.29, 1.82) is 0 Å². The molecule has 0 fully saturated rings. The first kappa shape index (κ1) is 20.2. The van der Waals surface area contributed by atoms with Crippen molar-refractivity contribution in [2.45, 2.75) is 26.0 Å². The maximum Gasteiger partial charge on any atom is 0.249 e. The average Bonchev–Trinajstić information content (AvgIpc) is 3.13. The predicted octanol–water partition coefficient (Wildman–Crippen LogP) is 2.99. The van der Waals surface area contributed by atoms with Gasteiger partial charge in [-0.05, 0) is 54.0 Å². The first-order valence-corrected chi connectivity index (χ1v) is 9.92. The SMILES string of the molecule is CC(NC(=O)[C@@H](C)O)c1nc2c(-c3cnc4ccc(F)cc4c3)cnn2c(N)c1Br. The van der Waals surface area contributed by atoms with Gasteiger partial charge in [-0.25, -0.2) is 9.37 Å². The molecule has 0 aliphatic rings. The molecule has 2 atom stereocenters. The number of nitrogens with zero attached hydrogens (tertiary/aromatic N) is 4. The number of halogens is 2. The molecule has 8 nitrogen and oxygen atoms in total. The summed E-state index contributed by atoms with van der Waals surface area (Å²) in [7, 11) is 0. The van der Waals surface area contributed by atoms with E-state index in [1.54, 1.807) is 31.5 Å². The number of nitrogens with two attached hydrogens (primary N) is 1. The van der Waals surface area contributed by atoms with Crippen LogP contribution >= 0.6 is 15.9 Å². The van der Waals surface area contributed by atoms with Crippen LogP contribution in [0.15, 0.2) is 41.1 Å². The number of aromatic nitrogens is 4. The number of amides is 1.